The molecule has 0 amide bonds. The zero-order valence-corrected chi connectivity index (χ0v) is 10.5. The lowest BCUT2D eigenvalue weighted by Crippen LogP contribution is -1.93. The van der Waals surface area contributed by atoms with Gasteiger partial charge in [-0.05, 0) is 30.7 Å². The third kappa shape index (κ3) is 2.56. The van der Waals surface area contributed by atoms with Crippen LogP contribution in [0.3, 0.4) is 0 Å². The van der Waals surface area contributed by atoms with Gasteiger partial charge in [0.15, 0.2) is 11.5 Å². The minimum absolute atomic E-state index is 0.605. The summed E-state index contributed by atoms with van der Waals surface area (Å²) >= 11 is 0. The number of benzene rings is 2. The SMILES string of the molecule is [CH2]c1ccccc1Oc1cc(OC)ccc1OC. The predicted octanol–water partition coefficient (Wildman–Crippen LogP) is 3.68. The van der Waals surface area contributed by atoms with Crippen LogP contribution in [0.1, 0.15) is 5.56 Å². The van der Waals surface area contributed by atoms with Crippen molar-refractivity contribution in [3.8, 4) is 23.0 Å². The van der Waals surface area contributed by atoms with Crippen LogP contribution in [0, 0.1) is 6.92 Å². The molecule has 0 saturated heterocycles. The molecule has 2 rings (SSSR count). The van der Waals surface area contributed by atoms with Gasteiger partial charge in [0.25, 0.3) is 0 Å². The Balaban J connectivity index is 2.35. The summed E-state index contributed by atoms with van der Waals surface area (Å²) in [7, 11) is 3.21. The highest BCUT2D eigenvalue weighted by Crippen LogP contribution is 2.35. The van der Waals surface area contributed by atoms with Gasteiger partial charge < -0.3 is 14.2 Å². The van der Waals surface area contributed by atoms with Crippen molar-refractivity contribution in [1.29, 1.82) is 0 Å². The molecule has 0 fully saturated rings. The van der Waals surface area contributed by atoms with Gasteiger partial charge in [0, 0.05) is 6.07 Å². The first-order chi connectivity index (χ1) is 8.74. The van der Waals surface area contributed by atoms with Crippen LogP contribution < -0.4 is 14.2 Å². The molecular weight excluding hydrogens is 228 g/mol. The molecule has 93 valence electrons. The Morgan fingerprint density at radius 1 is 0.833 bits per heavy atom. The number of hydrogen-bond acceptors (Lipinski definition) is 3. The Hall–Kier alpha value is -2.16. The van der Waals surface area contributed by atoms with Crippen LogP contribution in [0.15, 0.2) is 42.5 Å². The van der Waals surface area contributed by atoms with E-state index in [4.69, 9.17) is 14.2 Å². The fourth-order valence-electron chi connectivity index (χ4n) is 1.59. The van der Waals surface area contributed by atoms with Crippen LogP contribution in [-0.2, 0) is 0 Å². The maximum atomic E-state index is 5.81. The molecule has 0 heterocycles. The maximum absolute atomic E-state index is 5.81. The molecule has 18 heavy (non-hydrogen) atoms. The quantitative estimate of drug-likeness (QED) is 0.819. The lowest BCUT2D eigenvalue weighted by Gasteiger charge is -2.13. The largest absolute Gasteiger partial charge is 0.497 e. The second-order valence-corrected chi connectivity index (χ2v) is 3.73. The number of para-hydroxylation sites is 1. The summed E-state index contributed by atoms with van der Waals surface area (Å²) in [6, 6.07) is 13.0. The highest BCUT2D eigenvalue weighted by Gasteiger charge is 2.08. The van der Waals surface area contributed by atoms with E-state index in [1.54, 1.807) is 26.4 Å². The molecule has 0 N–H and O–H groups in total. The van der Waals surface area contributed by atoms with Gasteiger partial charge in [-0.25, -0.2) is 0 Å². The van der Waals surface area contributed by atoms with Crippen LogP contribution in [0.4, 0.5) is 0 Å². The highest BCUT2D eigenvalue weighted by molar-refractivity contribution is 5.49. The van der Waals surface area contributed by atoms with Crippen molar-refractivity contribution in [2.45, 2.75) is 0 Å². The number of rotatable bonds is 4. The lowest BCUT2D eigenvalue weighted by molar-refractivity contribution is 0.370. The minimum atomic E-state index is 0.605. The third-order valence-electron chi connectivity index (χ3n) is 2.56. The van der Waals surface area contributed by atoms with Crippen LogP contribution in [-0.4, -0.2) is 14.2 Å². The van der Waals surface area contributed by atoms with Crippen molar-refractivity contribution < 1.29 is 14.2 Å². The van der Waals surface area contributed by atoms with Gasteiger partial charge in [-0.1, -0.05) is 18.2 Å². The average molecular weight is 243 g/mol. The molecule has 0 aliphatic carbocycles. The number of hydrogen-bond donors (Lipinski definition) is 0. The number of methoxy groups -OCH3 is 2. The predicted molar refractivity (Wildman–Crippen MR) is 70.5 cm³/mol. The molecule has 1 radical (unpaired) electrons. The molecule has 3 nitrogen and oxygen atoms in total. The summed E-state index contributed by atoms with van der Waals surface area (Å²) in [5.74, 6) is 2.67. The summed E-state index contributed by atoms with van der Waals surface area (Å²) in [6.45, 7) is 3.92. The van der Waals surface area contributed by atoms with E-state index >= 15 is 0 Å². The molecule has 2 aromatic carbocycles. The van der Waals surface area contributed by atoms with E-state index in [0.717, 1.165) is 5.56 Å². The zero-order valence-electron chi connectivity index (χ0n) is 10.5. The molecular formula is C15H15O3. The van der Waals surface area contributed by atoms with Gasteiger partial charge in [0.2, 0.25) is 0 Å². The highest BCUT2D eigenvalue weighted by atomic mass is 16.5. The Morgan fingerprint density at radius 3 is 2.28 bits per heavy atom. The summed E-state index contributed by atoms with van der Waals surface area (Å²) in [5, 5.41) is 0. The molecule has 3 heteroatoms. The van der Waals surface area contributed by atoms with E-state index in [-0.39, 0.29) is 0 Å². The Labute approximate surface area is 107 Å². The molecule has 0 bridgehead atoms. The summed E-state index contributed by atoms with van der Waals surface area (Å²) in [5.41, 5.74) is 0.822. The standard InChI is InChI=1S/C15H15O3/c1-11-6-4-5-7-13(11)18-15-10-12(16-2)8-9-14(15)17-3/h4-10H,1H2,2-3H3. The van der Waals surface area contributed by atoms with Crippen molar-refractivity contribution in [2.24, 2.45) is 0 Å². The molecule has 2 aromatic rings. The fraction of sp³-hybridized carbons (Fsp3) is 0.133. The second-order valence-electron chi connectivity index (χ2n) is 3.73. The van der Waals surface area contributed by atoms with Crippen molar-refractivity contribution in [3.05, 3.63) is 55.0 Å². The molecule has 0 saturated carbocycles. The topological polar surface area (TPSA) is 27.7 Å². The molecule has 0 aliphatic rings. The molecule has 0 atom stereocenters. The molecule has 0 aromatic heterocycles. The summed E-state index contributed by atoms with van der Waals surface area (Å²) < 4.78 is 16.2. The van der Waals surface area contributed by atoms with E-state index in [1.165, 1.54) is 0 Å². The van der Waals surface area contributed by atoms with Gasteiger partial charge in [-0.2, -0.15) is 0 Å². The minimum Gasteiger partial charge on any atom is -0.497 e. The summed E-state index contributed by atoms with van der Waals surface area (Å²) in [4.78, 5) is 0. The molecule has 0 aliphatic heterocycles. The van der Waals surface area contributed by atoms with Gasteiger partial charge in [-0.3, -0.25) is 0 Å². The van der Waals surface area contributed by atoms with Gasteiger partial charge >= 0.3 is 0 Å². The van der Waals surface area contributed by atoms with E-state index in [1.807, 2.05) is 30.3 Å². The van der Waals surface area contributed by atoms with Crippen molar-refractivity contribution in [3.63, 3.8) is 0 Å². The summed E-state index contributed by atoms with van der Waals surface area (Å²) in [6.07, 6.45) is 0. The Kier molecular flexibility index (Phi) is 3.72. The van der Waals surface area contributed by atoms with Crippen LogP contribution in [0.25, 0.3) is 0 Å². The van der Waals surface area contributed by atoms with Crippen LogP contribution >= 0.6 is 0 Å². The van der Waals surface area contributed by atoms with Crippen molar-refractivity contribution >= 4 is 0 Å². The zero-order chi connectivity index (χ0) is 13.0. The first-order valence-corrected chi connectivity index (χ1v) is 5.55. The van der Waals surface area contributed by atoms with Crippen LogP contribution in [0.5, 0.6) is 23.0 Å². The molecule has 0 spiro atoms. The fourth-order valence-corrected chi connectivity index (χ4v) is 1.59. The smallest absolute Gasteiger partial charge is 0.172 e. The van der Waals surface area contributed by atoms with E-state index in [0.29, 0.717) is 23.0 Å². The first kappa shape index (κ1) is 12.3. The maximum Gasteiger partial charge on any atom is 0.172 e. The van der Waals surface area contributed by atoms with E-state index in [9.17, 15) is 0 Å². The normalized spacial score (nSPS) is 9.94. The Bertz CT molecular complexity index is 535. The molecule has 0 unspecified atom stereocenters. The van der Waals surface area contributed by atoms with Gasteiger partial charge in [0.1, 0.15) is 11.5 Å². The van der Waals surface area contributed by atoms with E-state index < -0.39 is 0 Å². The second kappa shape index (κ2) is 5.45. The van der Waals surface area contributed by atoms with Gasteiger partial charge in [-0.15, -0.1) is 0 Å². The van der Waals surface area contributed by atoms with Gasteiger partial charge in [0.05, 0.1) is 14.2 Å². The van der Waals surface area contributed by atoms with Crippen molar-refractivity contribution in [2.75, 3.05) is 14.2 Å². The van der Waals surface area contributed by atoms with E-state index in [2.05, 4.69) is 6.92 Å². The van der Waals surface area contributed by atoms with Crippen molar-refractivity contribution in [1.82, 2.24) is 0 Å². The number of ether oxygens (including phenoxy) is 3. The monoisotopic (exact) mass is 243 g/mol. The third-order valence-corrected chi connectivity index (χ3v) is 2.56. The van der Waals surface area contributed by atoms with Crippen LogP contribution in [0.2, 0.25) is 0 Å². The Morgan fingerprint density at radius 2 is 1.61 bits per heavy atom. The first-order valence-electron chi connectivity index (χ1n) is 5.55. The average Bonchev–Trinajstić information content (AvgIpc) is 2.41. The lowest BCUT2D eigenvalue weighted by atomic mass is 10.2.